The third kappa shape index (κ3) is 4.23. The van der Waals surface area contributed by atoms with E-state index in [0.29, 0.717) is 48.8 Å². The number of nitrogens with zero attached hydrogens (tertiary/aromatic N) is 1. The lowest BCUT2D eigenvalue weighted by atomic mass is 9.76. The molecule has 3 rings (SSSR count). The fourth-order valence-electron chi connectivity index (χ4n) is 3.88. The predicted octanol–water partition coefficient (Wildman–Crippen LogP) is 2.65. The number of rotatable bonds is 8. The summed E-state index contributed by atoms with van der Waals surface area (Å²) < 4.78 is 21.0. The zero-order chi connectivity index (χ0) is 22.7. The highest BCUT2D eigenvalue weighted by Gasteiger charge is 2.35. The van der Waals surface area contributed by atoms with E-state index in [0.717, 1.165) is 12.7 Å². The summed E-state index contributed by atoms with van der Waals surface area (Å²) in [4.78, 5) is 32.0. The first-order valence-electron chi connectivity index (χ1n) is 10.1. The quantitative estimate of drug-likeness (QED) is 0.483. The first-order valence-corrected chi connectivity index (χ1v) is 10.1. The molecule has 0 spiro atoms. The summed E-state index contributed by atoms with van der Waals surface area (Å²) in [5.41, 5.74) is 1.05. The van der Waals surface area contributed by atoms with Gasteiger partial charge in [-0.3, -0.25) is 4.79 Å². The lowest BCUT2D eigenvalue weighted by Crippen LogP contribution is -2.26. The fourth-order valence-corrected chi connectivity index (χ4v) is 3.88. The smallest absolute Gasteiger partial charge is 0.347 e. The van der Waals surface area contributed by atoms with Crippen molar-refractivity contribution in [1.29, 1.82) is 0 Å². The van der Waals surface area contributed by atoms with Gasteiger partial charge in [-0.15, -0.1) is 0 Å². The Morgan fingerprint density at radius 3 is 2.65 bits per heavy atom. The number of hydrogen-bond acceptors (Lipinski definition) is 8. The first-order chi connectivity index (χ1) is 14.8. The Morgan fingerprint density at radius 2 is 2.03 bits per heavy atom. The van der Waals surface area contributed by atoms with Gasteiger partial charge in [-0.25, -0.2) is 9.78 Å². The lowest BCUT2D eigenvalue weighted by molar-refractivity contribution is 0.0595. The third-order valence-corrected chi connectivity index (χ3v) is 5.45. The van der Waals surface area contributed by atoms with E-state index in [2.05, 4.69) is 14.7 Å². The van der Waals surface area contributed by atoms with Gasteiger partial charge < -0.3 is 29.0 Å². The monoisotopic (exact) mass is 432 g/mol. The number of aromatic amines is 1. The van der Waals surface area contributed by atoms with Gasteiger partial charge in [-0.2, -0.15) is 0 Å². The van der Waals surface area contributed by atoms with Crippen molar-refractivity contribution in [3.8, 4) is 28.8 Å². The molecule has 0 saturated carbocycles. The van der Waals surface area contributed by atoms with Crippen LogP contribution in [0.2, 0.25) is 0 Å². The van der Waals surface area contributed by atoms with Crippen molar-refractivity contribution in [2.75, 3.05) is 34.5 Å². The van der Waals surface area contributed by atoms with E-state index in [1.807, 2.05) is 19.9 Å². The van der Waals surface area contributed by atoms with Gasteiger partial charge in [-0.05, 0) is 29.9 Å². The van der Waals surface area contributed by atoms with E-state index < -0.39 is 17.1 Å². The fraction of sp³-hybridized carbons (Fsp3) is 0.500. The molecular weight excluding hydrogens is 404 g/mol. The van der Waals surface area contributed by atoms with Crippen molar-refractivity contribution in [2.45, 2.75) is 32.6 Å². The van der Waals surface area contributed by atoms with Crippen molar-refractivity contribution in [1.82, 2.24) is 9.97 Å². The number of ether oxygens (including phenoxy) is 4. The zero-order valence-corrected chi connectivity index (χ0v) is 18.4. The van der Waals surface area contributed by atoms with Crippen LogP contribution in [0, 0.1) is 5.92 Å². The molecule has 0 aromatic carbocycles. The largest absolute Gasteiger partial charge is 0.506 e. The highest BCUT2D eigenvalue weighted by atomic mass is 16.5. The number of fused-ring (bicyclic) bond motifs is 3. The molecule has 0 fully saturated rings. The van der Waals surface area contributed by atoms with Crippen LogP contribution in [-0.2, 0) is 15.9 Å². The second-order valence-electron chi connectivity index (χ2n) is 7.71. The molecule has 2 aromatic heterocycles. The van der Waals surface area contributed by atoms with Gasteiger partial charge in [0.05, 0.1) is 32.2 Å². The van der Waals surface area contributed by atoms with Gasteiger partial charge in [0.15, 0.2) is 11.3 Å². The summed E-state index contributed by atoms with van der Waals surface area (Å²) in [6.07, 6.45) is 1.26. The van der Waals surface area contributed by atoms with Crippen LogP contribution in [-0.4, -0.2) is 55.6 Å². The van der Waals surface area contributed by atoms with E-state index in [1.165, 1.54) is 7.11 Å². The Kier molecular flexibility index (Phi) is 6.84. The van der Waals surface area contributed by atoms with E-state index in [1.54, 1.807) is 7.11 Å². The molecule has 0 amide bonds. The van der Waals surface area contributed by atoms with Crippen molar-refractivity contribution in [3.63, 3.8) is 0 Å². The van der Waals surface area contributed by atoms with E-state index in [4.69, 9.17) is 14.2 Å². The molecule has 9 heteroatoms. The van der Waals surface area contributed by atoms with E-state index in [9.17, 15) is 14.7 Å². The number of methoxy groups -OCH3 is 3. The minimum absolute atomic E-state index is 0.113. The summed E-state index contributed by atoms with van der Waals surface area (Å²) in [5, 5.41) is 10.9. The number of hydrogen-bond donors (Lipinski definition) is 2. The maximum atomic E-state index is 12.6. The number of esters is 1. The Morgan fingerprint density at radius 1 is 1.29 bits per heavy atom. The molecule has 2 aromatic rings. The van der Waals surface area contributed by atoms with Gasteiger partial charge in [0.1, 0.15) is 5.75 Å². The average Bonchev–Trinajstić information content (AvgIpc) is 2.75. The molecule has 168 valence electrons. The minimum Gasteiger partial charge on any atom is -0.506 e. The van der Waals surface area contributed by atoms with Crippen molar-refractivity contribution >= 4 is 5.97 Å². The zero-order valence-electron chi connectivity index (χ0n) is 18.4. The number of carbonyl (C=O) groups is 1. The van der Waals surface area contributed by atoms with Gasteiger partial charge >= 0.3 is 5.97 Å². The van der Waals surface area contributed by atoms with Gasteiger partial charge in [-0.1, -0.05) is 13.8 Å². The standard InChI is InChI=1S/C22H28N2O7/c1-11(2)13-9-12-10-14(31-8-6-7-28-3)21(29-4)24-17(12)18-15(13)19(25)16(20(26)23-18)22(27)30-5/h10-11,13H,6-9H2,1-5H3,(H2,23,25,26). The maximum Gasteiger partial charge on any atom is 0.347 e. The number of H-pyrrole nitrogens is 1. The van der Waals surface area contributed by atoms with Gasteiger partial charge in [0.2, 0.25) is 0 Å². The molecule has 9 nitrogen and oxygen atoms in total. The molecular formula is C22H28N2O7. The predicted molar refractivity (Wildman–Crippen MR) is 113 cm³/mol. The third-order valence-electron chi connectivity index (χ3n) is 5.45. The van der Waals surface area contributed by atoms with Crippen LogP contribution < -0.4 is 15.0 Å². The minimum atomic E-state index is -0.889. The second-order valence-corrected chi connectivity index (χ2v) is 7.71. The Hall–Kier alpha value is -3.07. The van der Waals surface area contributed by atoms with Gasteiger partial charge in [0.25, 0.3) is 11.4 Å². The SMILES string of the molecule is COCCCOc1cc2c(nc1OC)-c1[nH]c(=O)c(C(=O)OC)c(O)c1C(C(C)C)C2. The Balaban J connectivity index is 2.17. The van der Waals surface area contributed by atoms with Crippen LogP contribution in [0.1, 0.15) is 47.7 Å². The van der Waals surface area contributed by atoms with Crippen LogP contribution in [0.4, 0.5) is 0 Å². The van der Waals surface area contributed by atoms with E-state index in [-0.39, 0.29) is 23.5 Å². The van der Waals surface area contributed by atoms with Crippen molar-refractivity contribution < 1.29 is 28.8 Å². The molecule has 1 unspecified atom stereocenters. The van der Waals surface area contributed by atoms with Crippen LogP contribution in [0.25, 0.3) is 11.4 Å². The molecule has 0 aliphatic heterocycles. The average molecular weight is 432 g/mol. The highest BCUT2D eigenvalue weighted by Crippen LogP contribution is 2.47. The first kappa shape index (κ1) is 22.6. The van der Waals surface area contributed by atoms with E-state index >= 15 is 0 Å². The summed E-state index contributed by atoms with van der Waals surface area (Å²) in [7, 11) is 4.28. The topological polar surface area (TPSA) is 120 Å². The van der Waals surface area contributed by atoms with Crippen LogP contribution in [0.3, 0.4) is 0 Å². The summed E-state index contributed by atoms with van der Waals surface area (Å²) in [6.45, 7) is 5.04. The number of nitrogens with one attached hydrogen (secondary N) is 1. The summed E-state index contributed by atoms with van der Waals surface area (Å²) in [5.74, 6) is -0.527. The highest BCUT2D eigenvalue weighted by molar-refractivity contribution is 5.93. The summed E-state index contributed by atoms with van der Waals surface area (Å²) in [6, 6.07) is 1.86. The Labute approximate surface area is 180 Å². The molecule has 31 heavy (non-hydrogen) atoms. The van der Waals surface area contributed by atoms with Crippen molar-refractivity contribution in [3.05, 3.63) is 33.1 Å². The molecule has 1 aliphatic carbocycles. The number of aromatic hydroxyl groups is 1. The van der Waals surface area contributed by atoms with Crippen LogP contribution in [0.15, 0.2) is 10.9 Å². The van der Waals surface area contributed by atoms with Crippen LogP contribution >= 0.6 is 0 Å². The molecule has 0 saturated heterocycles. The maximum absolute atomic E-state index is 12.6. The van der Waals surface area contributed by atoms with Gasteiger partial charge in [0, 0.05) is 25.7 Å². The second kappa shape index (κ2) is 9.38. The molecule has 1 aliphatic rings. The molecule has 1 atom stereocenters. The normalized spacial score (nSPS) is 14.7. The molecule has 2 heterocycles. The number of carbonyl (C=O) groups excluding carboxylic acids is 1. The number of pyridine rings is 2. The molecule has 0 radical (unpaired) electrons. The Bertz CT molecular complexity index is 1030. The summed E-state index contributed by atoms with van der Waals surface area (Å²) >= 11 is 0. The molecule has 2 N–H and O–H groups in total. The molecule has 0 bridgehead atoms. The van der Waals surface area contributed by atoms with Crippen LogP contribution in [0.5, 0.6) is 17.4 Å². The lowest BCUT2D eigenvalue weighted by Gasteiger charge is -2.31. The van der Waals surface area contributed by atoms with Crippen molar-refractivity contribution in [2.24, 2.45) is 5.92 Å². The number of aromatic nitrogens is 2.